The molecule has 1 aliphatic heterocycles. The average Bonchev–Trinajstić information content (AvgIpc) is 2.95. The second-order valence-corrected chi connectivity index (χ2v) is 7.25. The maximum absolute atomic E-state index is 13.1. The molecule has 4 amide bonds. The largest absolute Gasteiger partial charge is 0.497 e. The summed E-state index contributed by atoms with van der Waals surface area (Å²) in [6.07, 6.45) is 0.346. The van der Waals surface area contributed by atoms with E-state index in [0.717, 1.165) is 10.5 Å². The number of aryl methyl sites for hydroxylation is 1. The highest BCUT2D eigenvalue weighted by Crippen LogP contribution is 2.33. The standard InChI is InChI=1S/C21H22ClN3O4/c1-4-21(14-5-8-16(29-3)9-6-14)19(27)25(20(28)24-21)12-18(26)23-17-10-7-15(22)11-13(17)2/h5-11H,4,12H2,1-3H3,(H,23,26)(H,24,28)/t21-/m0/s1. The van der Waals surface area contributed by atoms with Gasteiger partial charge in [0.05, 0.1) is 7.11 Å². The normalized spacial score (nSPS) is 18.6. The van der Waals surface area contributed by atoms with Gasteiger partial charge in [-0.25, -0.2) is 4.79 Å². The lowest BCUT2D eigenvalue weighted by Crippen LogP contribution is -2.44. The van der Waals surface area contributed by atoms with Crippen molar-refractivity contribution >= 4 is 35.1 Å². The molecule has 1 saturated heterocycles. The predicted octanol–water partition coefficient (Wildman–Crippen LogP) is 3.45. The highest BCUT2D eigenvalue weighted by molar-refractivity contribution is 6.30. The van der Waals surface area contributed by atoms with Crippen molar-refractivity contribution in [3.63, 3.8) is 0 Å². The summed E-state index contributed by atoms with van der Waals surface area (Å²) in [6, 6.07) is 11.4. The third kappa shape index (κ3) is 3.91. The molecule has 29 heavy (non-hydrogen) atoms. The summed E-state index contributed by atoms with van der Waals surface area (Å²) >= 11 is 5.93. The first-order valence-electron chi connectivity index (χ1n) is 9.15. The Morgan fingerprint density at radius 3 is 2.48 bits per heavy atom. The van der Waals surface area contributed by atoms with Crippen LogP contribution in [0.5, 0.6) is 5.75 Å². The van der Waals surface area contributed by atoms with E-state index in [4.69, 9.17) is 16.3 Å². The third-order valence-electron chi connectivity index (χ3n) is 5.05. The number of carbonyl (C=O) groups excluding carboxylic acids is 3. The molecule has 3 rings (SSSR count). The van der Waals surface area contributed by atoms with Gasteiger partial charge in [0.15, 0.2) is 0 Å². The number of halogens is 1. The molecule has 152 valence electrons. The van der Waals surface area contributed by atoms with Gasteiger partial charge in [-0.05, 0) is 54.8 Å². The van der Waals surface area contributed by atoms with E-state index >= 15 is 0 Å². The highest BCUT2D eigenvalue weighted by atomic mass is 35.5. The highest BCUT2D eigenvalue weighted by Gasteiger charge is 2.51. The molecule has 0 radical (unpaired) electrons. The number of benzene rings is 2. The lowest BCUT2D eigenvalue weighted by Gasteiger charge is -2.26. The van der Waals surface area contributed by atoms with Gasteiger partial charge < -0.3 is 15.4 Å². The zero-order valence-electron chi connectivity index (χ0n) is 16.4. The monoisotopic (exact) mass is 415 g/mol. The Morgan fingerprint density at radius 1 is 1.21 bits per heavy atom. The number of amides is 4. The van der Waals surface area contributed by atoms with Crippen molar-refractivity contribution in [3.8, 4) is 5.75 Å². The second kappa shape index (κ2) is 8.13. The van der Waals surface area contributed by atoms with E-state index in [2.05, 4.69) is 10.6 Å². The van der Waals surface area contributed by atoms with E-state index in [9.17, 15) is 14.4 Å². The fourth-order valence-corrected chi connectivity index (χ4v) is 3.61. The van der Waals surface area contributed by atoms with Crippen molar-refractivity contribution in [1.82, 2.24) is 10.2 Å². The molecule has 8 heteroatoms. The van der Waals surface area contributed by atoms with Crippen LogP contribution < -0.4 is 15.4 Å². The van der Waals surface area contributed by atoms with Crippen molar-refractivity contribution in [3.05, 3.63) is 58.6 Å². The Bertz CT molecular complexity index is 961. The summed E-state index contributed by atoms with van der Waals surface area (Å²) in [6.45, 7) is 3.23. The molecular formula is C21H22ClN3O4. The minimum absolute atomic E-state index is 0.346. The Kier molecular flexibility index (Phi) is 5.79. The first-order valence-corrected chi connectivity index (χ1v) is 9.53. The third-order valence-corrected chi connectivity index (χ3v) is 5.29. The summed E-state index contributed by atoms with van der Waals surface area (Å²) in [5, 5.41) is 6.03. The number of nitrogens with zero attached hydrogens (tertiary/aromatic N) is 1. The summed E-state index contributed by atoms with van der Waals surface area (Å²) in [5.41, 5.74) is 0.781. The van der Waals surface area contributed by atoms with Crippen LogP contribution in [0.25, 0.3) is 0 Å². The number of ether oxygens (including phenoxy) is 1. The van der Waals surface area contributed by atoms with E-state index in [0.29, 0.717) is 28.4 Å². The number of methoxy groups -OCH3 is 1. The fourth-order valence-electron chi connectivity index (χ4n) is 3.39. The molecule has 2 aromatic carbocycles. The molecule has 1 fully saturated rings. The number of imide groups is 1. The molecule has 2 N–H and O–H groups in total. The van der Waals surface area contributed by atoms with E-state index in [1.54, 1.807) is 56.5 Å². The van der Waals surface area contributed by atoms with Crippen LogP contribution in [0.15, 0.2) is 42.5 Å². The fraction of sp³-hybridized carbons (Fsp3) is 0.286. The van der Waals surface area contributed by atoms with Gasteiger partial charge in [-0.2, -0.15) is 0 Å². The predicted molar refractivity (Wildman–Crippen MR) is 110 cm³/mol. The lowest BCUT2D eigenvalue weighted by molar-refractivity contribution is -0.134. The van der Waals surface area contributed by atoms with Crippen LogP contribution in [0.1, 0.15) is 24.5 Å². The molecule has 0 bridgehead atoms. The van der Waals surface area contributed by atoms with Crippen LogP contribution in [0.3, 0.4) is 0 Å². The number of carbonyl (C=O) groups is 3. The van der Waals surface area contributed by atoms with Crippen molar-refractivity contribution < 1.29 is 19.1 Å². The summed E-state index contributed by atoms with van der Waals surface area (Å²) in [5.74, 6) is -0.287. The van der Waals surface area contributed by atoms with Crippen LogP contribution >= 0.6 is 11.6 Å². The Hall–Kier alpha value is -3.06. The molecule has 2 aromatic rings. The zero-order valence-corrected chi connectivity index (χ0v) is 17.2. The van der Waals surface area contributed by atoms with Gasteiger partial charge in [0.2, 0.25) is 5.91 Å². The maximum atomic E-state index is 13.1. The van der Waals surface area contributed by atoms with Crippen LogP contribution in [-0.2, 0) is 15.1 Å². The van der Waals surface area contributed by atoms with Crippen molar-refractivity contribution in [1.29, 1.82) is 0 Å². The molecule has 1 aliphatic rings. The Labute approximate surface area is 174 Å². The molecule has 1 heterocycles. The molecule has 0 saturated carbocycles. The second-order valence-electron chi connectivity index (χ2n) is 6.82. The van der Waals surface area contributed by atoms with Gasteiger partial charge in [-0.15, -0.1) is 0 Å². The quantitative estimate of drug-likeness (QED) is 0.707. The first kappa shape index (κ1) is 20.7. The van der Waals surface area contributed by atoms with Crippen molar-refractivity contribution in [2.24, 2.45) is 0 Å². The zero-order chi connectivity index (χ0) is 21.2. The number of urea groups is 1. The summed E-state index contributed by atoms with van der Waals surface area (Å²) < 4.78 is 5.15. The molecule has 0 aromatic heterocycles. The topological polar surface area (TPSA) is 87.7 Å². The van der Waals surface area contributed by atoms with Crippen molar-refractivity contribution in [2.45, 2.75) is 25.8 Å². The number of nitrogens with one attached hydrogen (secondary N) is 2. The van der Waals surface area contributed by atoms with Gasteiger partial charge >= 0.3 is 6.03 Å². The van der Waals surface area contributed by atoms with Crippen molar-refractivity contribution in [2.75, 3.05) is 19.0 Å². The molecule has 0 unspecified atom stereocenters. The smallest absolute Gasteiger partial charge is 0.325 e. The number of rotatable bonds is 6. The Balaban J connectivity index is 1.79. The number of anilines is 1. The molecule has 0 aliphatic carbocycles. The first-order chi connectivity index (χ1) is 13.8. The molecular weight excluding hydrogens is 394 g/mol. The van der Waals surface area contributed by atoms with E-state index in [1.165, 1.54) is 0 Å². The van der Waals surface area contributed by atoms with Gasteiger partial charge in [0, 0.05) is 10.7 Å². The van der Waals surface area contributed by atoms with Crippen LogP contribution in [-0.4, -0.2) is 36.4 Å². The average molecular weight is 416 g/mol. The molecule has 1 atom stereocenters. The lowest BCUT2D eigenvalue weighted by atomic mass is 9.87. The summed E-state index contributed by atoms with van der Waals surface area (Å²) in [7, 11) is 1.55. The van der Waals surface area contributed by atoms with Crippen LogP contribution in [0, 0.1) is 6.92 Å². The SMILES string of the molecule is CC[C@@]1(c2ccc(OC)cc2)NC(=O)N(CC(=O)Nc2ccc(Cl)cc2C)C1=O. The van der Waals surface area contributed by atoms with E-state index < -0.39 is 23.4 Å². The maximum Gasteiger partial charge on any atom is 0.325 e. The van der Waals surface area contributed by atoms with Gasteiger partial charge in [-0.1, -0.05) is 30.7 Å². The Morgan fingerprint density at radius 2 is 1.90 bits per heavy atom. The summed E-state index contributed by atoms with van der Waals surface area (Å²) in [4.78, 5) is 39.1. The number of hydrogen-bond acceptors (Lipinski definition) is 4. The van der Waals surface area contributed by atoms with Gasteiger partial charge in [-0.3, -0.25) is 14.5 Å². The van der Waals surface area contributed by atoms with Gasteiger partial charge in [0.1, 0.15) is 17.8 Å². The number of hydrogen-bond donors (Lipinski definition) is 2. The van der Waals surface area contributed by atoms with E-state index in [-0.39, 0.29) is 6.54 Å². The molecule has 7 nitrogen and oxygen atoms in total. The van der Waals surface area contributed by atoms with Crippen LogP contribution in [0.4, 0.5) is 10.5 Å². The minimum Gasteiger partial charge on any atom is -0.497 e. The van der Waals surface area contributed by atoms with Crippen LogP contribution in [0.2, 0.25) is 5.02 Å². The van der Waals surface area contributed by atoms with E-state index in [1.807, 2.05) is 6.92 Å². The minimum atomic E-state index is -1.21. The molecule has 0 spiro atoms. The van der Waals surface area contributed by atoms with Gasteiger partial charge in [0.25, 0.3) is 5.91 Å².